The van der Waals surface area contributed by atoms with E-state index in [0.29, 0.717) is 26.4 Å². The number of ether oxygens (including phenoxy) is 2. The molecule has 1 amide bonds. The van der Waals surface area contributed by atoms with Crippen LogP contribution >= 0.6 is 0 Å². The molecule has 1 N–H and O–H groups in total. The van der Waals surface area contributed by atoms with Gasteiger partial charge in [-0.1, -0.05) is 33.1 Å². The second-order valence-corrected chi connectivity index (χ2v) is 6.46. The first-order valence-corrected chi connectivity index (χ1v) is 9.39. The van der Waals surface area contributed by atoms with Crippen molar-refractivity contribution < 1.29 is 15.7 Å². The standard InChI is InChI=1S/C18H36N2O3.H2/c1-3-4-5-8-17(2)18(21)19-9-13-22-15-16-23-14-12-20-10-6-7-11-20;/h17H,3-16H2,1-2H3,(H,19,21);1H/i;1+2. The van der Waals surface area contributed by atoms with E-state index < -0.39 is 0 Å². The van der Waals surface area contributed by atoms with E-state index in [2.05, 4.69) is 17.1 Å². The Bertz CT molecular complexity index is 300. The van der Waals surface area contributed by atoms with Gasteiger partial charge in [-0.2, -0.15) is 0 Å². The molecule has 0 bridgehead atoms. The van der Waals surface area contributed by atoms with Crippen molar-refractivity contribution in [2.45, 2.75) is 52.4 Å². The summed E-state index contributed by atoms with van der Waals surface area (Å²) in [5, 5.41) is 2.94. The monoisotopic (exact) mass is 332 g/mol. The van der Waals surface area contributed by atoms with Gasteiger partial charge in [-0.15, -0.1) is 0 Å². The number of nitrogens with one attached hydrogen (secondary N) is 1. The summed E-state index contributed by atoms with van der Waals surface area (Å²) in [5.41, 5.74) is 0. The molecule has 0 radical (unpaired) electrons. The Balaban J connectivity index is 0.00000529. The second-order valence-electron chi connectivity index (χ2n) is 6.46. The van der Waals surface area contributed by atoms with Gasteiger partial charge >= 0.3 is 0 Å². The molecule has 1 unspecified atom stereocenters. The van der Waals surface area contributed by atoms with Crippen LogP contribution in [0.15, 0.2) is 0 Å². The average Bonchev–Trinajstić information content (AvgIpc) is 3.06. The first-order chi connectivity index (χ1) is 11.2. The van der Waals surface area contributed by atoms with E-state index in [0.717, 1.165) is 26.0 Å². The summed E-state index contributed by atoms with van der Waals surface area (Å²) in [5.74, 6) is 0.252. The van der Waals surface area contributed by atoms with Gasteiger partial charge in [0.05, 0.1) is 26.4 Å². The molecular formula is C18H38N2O3. The van der Waals surface area contributed by atoms with Crippen molar-refractivity contribution in [3.8, 4) is 0 Å². The third-order valence-electron chi connectivity index (χ3n) is 4.36. The molecule has 0 aromatic heterocycles. The van der Waals surface area contributed by atoms with E-state index in [1.165, 1.54) is 38.8 Å². The minimum absolute atomic E-state index is 0. The Morgan fingerprint density at radius 3 is 2.52 bits per heavy atom. The summed E-state index contributed by atoms with van der Waals surface area (Å²) >= 11 is 0. The van der Waals surface area contributed by atoms with Gasteiger partial charge in [0.2, 0.25) is 5.91 Å². The van der Waals surface area contributed by atoms with Gasteiger partial charge in [-0.25, -0.2) is 0 Å². The van der Waals surface area contributed by atoms with Crippen molar-refractivity contribution in [3.05, 3.63) is 0 Å². The first kappa shape index (κ1) is 20.4. The Morgan fingerprint density at radius 2 is 1.83 bits per heavy atom. The topological polar surface area (TPSA) is 50.8 Å². The van der Waals surface area contributed by atoms with Crippen LogP contribution in [0.1, 0.15) is 53.8 Å². The van der Waals surface area contributed by atoms with Gasteiger partial charge in [0.15, 0.2) is 0 Å². The van der Waals surface area contributed by atoms with Gasteiger partial charge in [-0.3, -0.25) is 4.79 Å². The zero-order valence-electron chi connectivity index (χ0n) is 15.1. The number of likely N-dealkylation sites (tertiary alicyclic amines) is 1. The lowest BCUT2D eigenvalue weighted by atomic mass is 10.0. The lowest BCUT2D eigenvalue weighted by Crippen LogP contribution is -2.32. The van der Waals surface area contributed by atoms with Crippen LogP contribution in [0.3, 0.4) is 0 Å². The molecule has 1 atom stereocenters. The quantitative estimate of drug-likeness (QED) is 0.497. The predicted octanol–water partition coefficient (Wildman–Crippen LogP) is 2.69. The predicted molar refractivity (Wildman–Crippen MR) is 95.7 cm³/mol. The number of amides is 1. The molecule has 1 heterocycles. The Morgan fingerprint density at radius 1 is 1.13 bits per heavy atom. The molecule has 0 aromatic carbocycles. The van der Waals surface area contributed by atoms with Gasteiger partial charge in [0.1, 0.15) is 0 Å². The fraction of sp³-hybridized carbons (Fsp3) is 0.944. The lowest BCUT2D eigenvalue weighted by Gasteiger charge is -2.14. The molecule has 5 heteroatoms. The summed E-state index contributed by atoms with van der Waals surface area (Å²) in [6.07, 6.45) is 7.17. The van der Waals surface area contributed by atoms with Gasteiger partial charge in [-0.05, 0) is 32.4 Å². The average molecular weight is 333 g/mol. The SMILES string of the molecule is CCCCCC(C)C(=O)NCCOCCOCCN1CCCC1.[3HH]. The summed E-state index contributed by atoms with van der Waals surface area (Å²) in [6.45, 7) is 10.8. The van der Waals surface area contributed by atoms with Crippen LogP contribution in [0.4, 0.5) is 0 Å². The van der Waals surface area contributed by atoms with Crippen LogP contribution in [0.2, 0.25) is 0 Å². The van der Waals surface area contributed by atoms with Gasteiger partial charge in [0.25, 0.3) is 0 Å². The van der Waals surface area contributed by atoms with Crippen molar-refractivity contribution in [3.63, 3.8) is 0 Å². The number of carbonyl (C=O) groups excluding carboxylic acids is 1. The molecular weight excluding hydrogens is 292 g/mol. The summed E-state index contributed by atoms with van der Waals surface area (Å²) < 4.78 is 11.0. The maximum absolute atomic E-state index is 11.8. The first-order valence-electron chi connectivity index (χ1n) is 9.39. The molecule has 1 aliphatic heterocycles. The minimum atomic E-state index is 0. The van der Waals surface area contributed by atoms with Crippen LogP contribution in [0.5, 0.6) is 0 Å². The number of hydrogen-bond acceptors (Lipinski definition) is 4. The number of carbonyl (C=O) groups is 1. The summed E-state index contributed by atoms with van der Waals surface area (Å²) in [6, 6.07) is 0. The van der Waals surface area contributed by atoms with Crippen LogP contribution in [0.25, 0.3) is 0 Å². The van der Waals surface area contributed by atoms with E-state index in [-0.39, 0.29) is 13.3 Å². The fourth-order valence-electron chi connectivity index (χ4n) is 2.77. The van der Waals surface area contributed by atoms with Crippen LogP contribution in [-0.2, 0) is 14.3 Å². The van der Waals surface area contributed by atoms with Crippen molar-refractivity contribution in [2.75, 3.05) is 52.6 Å². The Hall–Kier alpha value is -0.650. The van der Waals surface area contributed by atoms with Gasteiger partial charge in [0, 0.05) is 20.4 Å². The molecule has 1 fully saturated rings. The highest BCUT2D eigenvalue weighted by Gasteiger charge is 2.11. The number of hydrogen-bond donors (Lipinski definition) is 1. The van der Waals surface area contributed by atoms with Crippen molar-refractivity contribution in [2.24, 2.45) is 5.92 Å². The largest absolute Gasteiger partial charge is 0.378 e. The zero-order chi connectivity index (χ0) is 16.8. The molecule has 0 aliphatic carbocycles. The molecule has 1 aliphatic rings. The van der Waals surface area contributed by atoms with E-state index in [9.17, 15) is 4.79 Å². The molecule has 0 saturated carbocycles. The van der Waals surface area contributed by atoms with E-state index in [1.54, 1.807) is 0 Å². The third kappa shape index (κ3) is 10.7. The Labute approximate surface area is 143 Å². The summed E-state index contributed by atoms with van der Waals surface area (Å²) in [7, 11) is 0. The molecule has 5 nitrogen and oxygen atoms in total. The smallest absolute Gasteiger partial charge is 0.222 e. The highest BCUT2D eigenvalue weighted by Crippen LogP contribution is 2.09. The normalized spacial score (nSPS) is 16.6. The zero-order valence-corrected chi connectivity index (χ0v) is 15.1. The van der Waals surface area contributed by atoms with E-state index in [4.69, 9.17) is 9.47 Å². The molecule has 0 aromatic rings. The van der Waals surface area contributed by atoms with Crippen LogP contribution < -0.4 is 5.32 Å². The maximum Gasteiger partial charge on any atom is 0.222 e. The molecule has 138 valence electrons. The van der Waals surface area contributed by atoms with Crippen LogP contribution in [-0.4, -0.2) is 63.4 Å². The third-order valence-corrected chi connectivity index (χ3v) is 4.36. The van der Waals surface area contributed by atoms with Gasteiger partial charge < -0.3 is 19.7 Å². The lowest BCUT2D eigenvalue weighted by molar-refractivity contribution is -0.125. The van der Waals surface area contributed by atoms with E-state index >= 15 is 0 Å². The number of unbranched alkanes of at least 4 members (excludes halogenated alkanes) is 2. The van der Waals surface area contributed by atoms with E-state index in [1.807, 2.05) is 6.92 Å². The molecule has 1 rings (SSSR count). The fourth-order valence-corrected chi connectivity index (χ4v) is 2.77. The van der Waals surface area contributed by atoms with Crippen molar-refractivity contribution in [1.82, 2.24) is 10.2 Å². The number of nitrogens with zero attached hydrogens (tertiary/aromatic N) is 1. The molecule has 0 spiro atoms. The number of rotatable bonds is 14. The summed E-state index contributed by atoms with van der Waals surface area (Å²) in [4.78, 5) is 14.3. The van der Waals surface area contributed by atoms with Crippen LogP contribution in [0, 0.1) is 5.92 Å². The van der Waals surface area contributed by atoms with Crippen molar-refractivity contribution >= 4 is 5.91 Å². The minimum Gasteiger partial charge on any atom is -0.378 e. The highest BCUT2D eigenvalue weighted by atomic mass is 16.5. The van der Waals surface area contributed by atoms with Crippen molar-refractivity contribution in [1.29, 1.82) is 0 Å². The second kappa shape index (κ2) is 13.8. The Kier molecular flexibility index (Phi) is 12.2. The molecule has 1 saturated heterocycles. The molecule has 23 heavy (non-hydrogen) atoms. The highest BCUT2D eigenvalue weighted by molar-refractivity contribution is 5.78. The maximum atomic E-state index is 11.8.